The van der Waals surface area contributed by atoms with Crippen LogP contribution in [0.4, 0.5) is 21.5 Å². The number of rotatable bonds is 5. The molecule has 0 saturated carbocycles. The number of nitrogens with zero attached hydrogens (tertiary/aromatic N) is 2. The van der Waals surface area contributed by atoms with Gasteiger partial charge in [-0.2, -0.15) is 0 Å². The topological polar surface area (TPSA) is 69.7 Å². The number of anilines is 3. The highest BCUT2D eigenvalue weighted by molar-refractivity contribution is 6.53. The molecule has 6 nitrogen and oxygen atoms in total. The molecule has 0 spiro atoms. The van der Waals surface area contributed by atoms with Crippen molar-refractivity contribution in [1.29, 1.82) is 0 Å². The molecule has 4 rings (SSSR count). The summed E-state index contributed by atoms with van der Waals surface area (Å²) in [6.45, 7) is 0. The third-order valence-electron chi connectivity index (χ3n) is 4.94. The average Bonchev–Trinajstić information content (AvgIpc) is 3.02. The number of imide groups is 1. The van der Waals surface area contributed by atoms with E-state index in [0.29, 0.717) is 11.3 Å². The second kappa shape index (κ2) is 8.64. The molecule has 1 aliphatic rings. The van der Waals surface area contributed by atoms with Gasteiger partial charge in [0, 0.05) is 24.0 Å². The molecular formula is C24H17ClFN3O3. The van der Waals surface area contributed by atoms with Gasteiger partial charge in [0.15, 0.2) is 0 Å². The fourth-order valence-electron chi connectivity index (χ4n) is 3.27. The maximum atomic E-state index is 13.2. The smallest absolute Gasteiger partial charge is 0.283 e. The van der Waals surface area contributed by atoms with Crippen molar-refractivity contribution in [2.24, 2.45) is 0 Å². The molecule has 3 amide bonds. The van der Waals surface area contributed by atoms with Crippen LogP contribution in [-0.4, -0.2) is 24.8 Å². The van der Waals surface area contributed by atoms with Gasteiger partial charge in [-0.15, -0.1) is 0 Å². The van der Waals surface area contributed by atoms with Gasteiger partial charge in [-0.3, -0.25) is 14.4 Å². The van der Waals surface area contributed by atoms with Crippen LogP contribution in [0.1, 0.15) is 10.4 Å². The summed E-state index contributed by atoms with van der Waals surface area (Å²) in [5.41, 5.74) is 1.60. The van der Waals surface area contributed by atoms with Gasteiger partial charge in [0.05, 0.1) is 5.69 Å². The Bertz CT molecular complexity index is 1240. The third-order valence-corrected chi connectivity index (χ3v) is 5.29. The second-order valence-corrected chi connectivity index (χ2v) is 7.39. The van der Waals surface area contributed by atoms with Crippen LogP contribution in [-0.2, 0) is 9.59 Å². The largest absolute Gasteiger partial charge is 0.350 e. The molecule has 8 heteroatoms. The number of carbonyl (C=O) groups excluding carboxylic acids is 3. The van der Waals surface area contributed by atoms with Crippen molar-refractivity contribution in [2.45, 2.75) is 0 Å². The van der Waals surface area contributed by atoms with E-state index >= 15 is 0 Å². The van der Waals surface area contributed by atoms with E-state index in [1.165, 1.54) is 17.0 Å². The molecule has 0 atom stereocenters. The van der Waals surface area contributed by atoms with E-state index in [1.807, 2.05) is 30.3 Å². The minimum Gasteiger partial charge on any atom is -0.350 e. The first kappa shape index (κ1) is 21.3. The number of benzene rings is 3. The Hall–Kier alpha value is -3.97. The summed E-state index contributed by atoms with van der Waals surface area (Å²) in [4.78, 5) is 40.7. The molecule has 3 aromatic rings. The highest BCUT2D eigenvalue weighted by Gasteiger charge is 2.39. The van der Waals surface area contributed by atoms with Gasteiger partial charge < -0.3 is 10.2 Å². The molecule has 1 aliphatic heterocycles. The lowest BCUT2D eigenvalue weighted by atomic mass is 10.1. The molecule has 0 fully saturated rings. The maximum absolute atomic E-state index is 13.2. The number of carbonyl (C=O) groups is 3. The summed E-state index contributed by atoms with van der Waals surface area (Å²) in [5, 5.41) is 2.55. The zero-order valence-electron chi connectivity index (χ0n) is 16.9. The molecule has 0 aromatic heterocycles. The summed E-state index contributed by atoms with van der Waals surface area (Å²) in [7, 11) is 1.66. The van der Waals surface area contributed by atoms with E-state index in [9.17, 15) is 18.8 Å². The normalized spacial score (nSPS) is 13.5. The van der Waals surface area contributed by atoms with E-state index in [0.717, 1.165) is 22.7 Å². The summed E-state index contributed by atoms with van der Waals surface area (Å²) in [6.07, 6.45) is 0. The lowest BCUT2D eigenvalue weighted by molar-refractivity contribution is -0.120. The summed E-state index contributed by atoms with van der Waals surface area (Å²) in [6, 6.07) is 20.6. The Balaban J connectivity index is 1.57. The molecule has 0 unspecified atom stereocenters. The van der Waals surface area contributed by atoms with Crippen LogP contribution in [0, 0.1) is 5.82 Å². The van der Waals surface area contributed by atoms with E-state index in [-0.39, 0.29) is 22.3 Å². The van der Waals surface area contributed by atoms with Gasteiger partial charge in [-0.1, -0.05) is 35.9 Å². The Morgan fingerprint density at radius 3 is 2.31 bits per heavy atom. The van der Waals surface area contributed by atoms with Crippen LogP contribution in [0.5, 0.6) is 0 Å². The average molecular weight is 450 g/mol. The molecule has 0 aliphatic carbocycles. The molecule has 1 N–H and O–H groups in total. The first-order valence-electron chi connectivity index (χ1n) is 9.61. The number of hydrogen-bond acceptors (Lipinski definition) is 4. The molecule has 0 saturated heterocycles. The Morgan fingerprint density at radius 1 is 0.938 bits per heavy atom. The summed E-state index contributed by atoms with van der Waals surface area (Å²) < 4.78 is 13.2. The monoisotopic (exact) mass is 449 g/mol. The minimum absolute atomic E-state index is 0.123. The van der Waals surface area contributed by atoms with Gasteiger partial charge in [-0.05, 0) is 54.6 Å². The predicted molar refractivity (Wildman–Crippen MR) is 121 cm³/mol. The lowest BCUT2D eigenvalue weighted by Crippen LogP contribution is -2.32. The number of para-hydroxylation sites is 1. The van der Waals surface area contributed by atoms with Crippen molar-refractivity contribution < 1.29 is 18.8 Å². The molecule has 0 bridgehead atoms. The van der Waals surface area contributed by atoms with Gasteiger partial charge >= 0.3 is 0 Å². The second-order valence-electron chi connectivity index (χ2n) is 7.02. The first-order valence-corrected chi connectivity index (χ1v) is 9.99. The van der Waals surface area contributed by atoms with Crippen LogP contribution >= 0.6 is 11.6 Å². The van der Waals surface area contributed by atoms with Crippen molar-refractivity contribution in [3.05, 3.63) is 101 Å². The number of amides is 3. The van der Waals surface area contributed by atoms with Crippen molar-refractivity contribution in [2.75, 3.05) is 22.2 Å². The standard InChI is InChI=1S/C24H17ClFN3O3/c1-28(18-8-3-2-4-9-18)22(30)15-6-5-7-17(14-15)27-21-20(25)23(31)29(24(21)32)19-12-10-16(26)11-13-19/h2-14,27H,1H3. The Labute approximate surface area is 188 Å². The predicted octanol–water partition coefficient (Wildman–Crippen LogP) is 4.54. The fourth-order valence-corrected chi connectivity index (χ4v) is 3.49. The van der Waals surface area contributed by atoms with Crippen LogP contribution in [0.2, 0.25) is 0 Å². The highest BCUT2D eigenvalue weighted by Crippen LogP contribution is 2.30. The van der Waals surface area contributed by atoms with E-state index in [4.69, 9.17) is 11.6 Å². The molecule has 160 valence electrons. The highest BCUT2D eigenvalue weighted by atomic mass is 35.5. The fraction of sp³-hybridized carbons (Fsp3) is 0.0417. The van der Waals surface area contributed by atoms with Crippen LogP contribution in [0.15, 0.2) is 89.6 Å². The first-order chi connectivity index (χ1) is 15.4. The van der Waals surface area contributed by atoms with Crippen LogP contribution in [0.25, 0.3) is 0 Å². The summed E-state index contributed by atoms with van der Waals surface area (Å²) in [5.74, 6) is -2.14. The maximum Gasteiger partial charge on any atom is 0.283 e. The van der Waals surface area contributed by atoms with E-state index in [1.54, 1.807) is 31.3 Å². The quantitative estimate of drug-likeness (QED) is 0.581. The van der Waals surface area contributed by atoms with E-state index in [2.05, 4.69) is 5.32 Å². The minimum atomic E-state index is -0.721. The third kappa shape index (κ3) is 3.98. The Kier molecular flexibility index (Phi) is 5.75. The van der Waals surface area contributed by atoms with Gasteiger partial charge in [0.25, 0.3) is 17.7 Å². The SMILES string of the molecule is CN(C(=O)c1cccc(NC2=C(Cl)C(=O)N(c3ccc(F)cc3)C2=O)c1)c1ccccc1. The van der Waals surface area contributed by atoms with Gasteiger partial charge in [0.1, 0.15) is 16.5 Å². The van der Waals surface area contributed by atoms with Gasteiger partial charge in [-0.25, -0.2) is 9.29 Å². The number of nitrogens with one attached hydrogen (secondary N) is 1. The van der Waals surface area contributed by atoms with Crippen LogP contribution < -0.4 is 15.1 Å². The summed E-state index contributed by atoms with van der Waals surface area (Å²) >= 11 is 6.14. The zero-order valence-corrected chi connectivity index (χ0v) is 17.6. The van der Waals surface area contributed by atoms with Crippen molar-refractivity contribution in [1.82, 2.24) is 0 Å². The molecule has 32 heavy (non-hydrogen) atoms. The number of halogens is 2. The van der Waals surface area contributed by atoms with Gasteiger partial charge in [0.2, 0.25) is 0 Å². The lowest BCUT2D eigenvalue weighted by Gasteiger charge is -2.18. The zero-order chi connectivity index (χ0) is 22.8. The van der Waals surface area contributed by atoms with E-state index < -0.39 is 17.6 Å². The Morgan fingerprint density at radius 2 is 1.62 bits per heavy atom. The van der Waals surface area contributed by atoms with Crippen molar-refractivity contribution >= 4 is 46.4 Å². The van der Waals surface area contributed by atoms with Crippen LogP contribution in [0.3, 0.4) is 0 Å². The molecule has 1 heterocycles. The number of hydrogen-bond donors (Lipinski definition) is 1. The molecular weight excluding hydrogens is 433 g/mol. The molecule has 0 radical (unpaired) electrons. The molecule has 3 aromatic carbocycles. The van der Waals surface area contributed by atoms with Crippen molar-refractivity contribution in [3.8, 4) is 0 Å². The van der Waals surface area contributed by atoms with Crippen molar-refractivity contribution in [3.63, 3.8) is 0 Å².